The average molecular weight is 486 g/mol. The third-order valence-corrected chi connectivity index (χ3v) is 5.89. The predicted molar refractivity (Wildman–Crippen MR) is 127 cm³/mol. The zero-order valence-corrected chi connectivity index (χ0v) is 19.2. The maximum atomic E-state index is 14.9. The molecule has 0 amide bonds. The standard InChI is InChI=1S/C25H26F3N5O2/c1-2-35-21-6-5-16(26)22(23(21)28)24-17(27)11-18(30)25(32-24)20(34)10-14-12-31-8-7-19(14)33-9-3-4-15(29)13-33/h5-8,11-12,15H,2-4,9-10,13,29-30H2,1H3/t15-/m0/s1. The number of hydrogen-bond donors (Lipinski definition) is 2. The van der Waals surface area contributed by atoms with Crippen LogP contribution in [-0.4, -0.2) is 41.5 Å². The molecule has 2 aromatic heterocycles. The van der Waals surface area contributed by atoms with Crippen LogP contribution in [-0.2, 0) is 6.42 Å². The Hall–Kier alpha value is -3.66. The number of ether oxygens (including phenoxy) is 1. The van der Waals surface area contributed by atoms with Crippen molar-refractivity contribution in [3.63, 3.8) is 0 Å². The number of nitrogens with zero attached hydrogens (tertiary/aromatic N) is 3. The molecule has 10 heteroatoms. The van der Waals surface area contributed by atoms with Crippen molar-refractivity contribution >= 4 is 17.2 Å². The van der Waals surface area contributed by atoms with Crippen molar-refractivity contribution in [3.8, 4) is 17.0 Å². The molecule has 3 heterocycles. The number of pyridine rings is 2. The number of aromatic nitrogens is 2. The van der Waals surface area contributed by atoms with Crippen LogP contribution in [0.3, 0.4) is 0 Å². The molecule has 184 valence electrons. The molecular weight excluding hydrogens is 459 g/mol. The second-order valence-corrected chi connectivity index (χ2v) is 8.38. The van der Waals surface area contributed by atoms with Gasteiger partial charge in [-0.3, -0.25) is 9.78 Å². The van der Waals surface area contributed by atoms with Gasteiger partial charge in [-0.05, 0) is 38.0 Å². The molecule has 7 nitrogen and oxygen atoms in total. The number of carbonyl (C=O) groups is 1. The molecule has 1 aromatic carbocycles. The lowest BCUT2D eigenvalue weighted by atomic mass is 10.0. The Morgan fingerprint density at radius 3 is 2.77 bits per heavy atom. The second kappa shape index (κ2) is 10.3. The predicted octanol–water partition coefficient (Wildman–Crippen LogP) is 3.89. The molecule has 1 saturated heterocycles. The van der Waals surface area contributed by atoms with E-state index in [9.17, 15) is 18.0 Å². The van der Waals surface area contributed by atoms with Crippen molar-refractivity contribution in [1.82, 2.24) is 9.97 Å². The van der Waals surface area contributed by atoms with E-state index in [1.807, 2.05) is 0 Å². The highest BCUT2D eigenvalue weighted by Crippen LogP contribution is 2.34. The van der Waals surface area contributed by atoms with E-state index >= 15 is 0 Å². The van der Waals surface area contributed by atoms with E-state index in [2.05, 4.69) is 14.9 Å². The number of ketones is 1. The molecule has 0 radical (unpaired) electrons. The lowest BCUT2D eigenvalue weighted by molar-refractivity contribution is 0.0989. The van der Waals surface area contributed by atoms with Gasteiger partial charge in [0, 0.05) is 55.3 Å². The van der Waals surface area contributed by atoms with E-state index in [-0.39, 0.29) is 36.2 Å². The number of carbonyl (C=O) groups excluding carboxylic acids is 1. The summed E-state index contributed by atoms with van der Waals surface area (Å²) in [5.41, 5.74) is 11.5. The van der Waals surface area contributed by atoms with Crippen LogP contribution in [0.4, 0.5) is 24.5 Å². The van der Waals surface area contributed by atoms with Crippen LogP contribution in [0.15, 0.2) is 36.7 Å². The molecule has 0 saturated carbocycles. The number of anilines is 2. The summed E-state index contributed by atoms with van der Waals surface area (Å²) in [4.78, 5) is 23.4. The summed E-state index contributed by atoms with van der Waals surface area (Å²) in [7, 11) is 0. The highest BCUT2D eigenvalue weighted by molar-refractivity contribution is 6.01. The summed E-state index contributed by atoms with van der Waals surface area (Å²) in [5.74, 6) is -4.01. The van der Waals surface area contributed by atoms with Crippen molar-refractivity contribution in [2.45, 2.75) is 32.2 Å². The van der Waals surface area contributed by atoms with E-state index in [1.165, 1.54) is 0 Å². The van der Waals surface area contributed by atoms with E-state index in [4.69, 9.17) is 16.2 Å². The summed E-state index contributed by atoms with van der Waals surface area (Å²) in [6.07, 6.45) is 4.90. The highest BCUT2D eigenvalue weighted by atomic mass is 19.1. The van der Waals surface area contributed by atoms with Crippen molar-refractivity contribution < 1.29 is 22.7 Å². The van der Waals surface area contributed by atoms with E-state index in [0.717, 1.165) is 43.3 Å². The van der Waals surface area contributed by atoms with Crippen LogP contribution >= 0.6 is 0 Å². The van der Waals surface area contributed by atoms with Crippen LogP contribution in [0.5, 0.6) is 5.75 Å². The van der Waals surface area contributed by atoms with E-state index in [1.54, 1.807) is 25.4 Å². The normalized spacial score (nSPS) is 15.8. The van der Waals surface area contributed by atoms with Crippen LogP contribution in [0.2, 0.25) is 0 Å². The van der Waals surface area contributed by atoms with Crippen molar-refractivity contribution in [2.75, 3.05) is 30.3 Å². The summed E-state index contributed by atoms with van der Waals surface area (Å²) in [5, 5.41) is 0. The molecule has 1 fully saturated rings. The van der Waals surface area contributed by atoms with Gasteiger partial charge in [0.1, 0.15) is 17.2 Å². The fraction of sp³-hybridized carbons (Fsp3) is 0.320. The lowest BCUT2D eigenvalue weighted by Gasteiger charge is -2.33. The Balaban J connectivity index is 1.70. The molecule has 4 N–H and O–H groups in total. The van der Waals surface area contributed by atoms with Gasteiger partial charge in [-0.25, -0.2) is 18.2 Å². The quantitative estimate of drug-likeness (QED) is 0.489. The zero-order valence-electron chi connectivity index (χ0n) is 19.2. The molecule has 35 heavy (non-hydrogen) atoms. The first-order valence-corrected chi connectivity index (χ1v) is 11.3. The molecule has 0 aliphatic carbocycles. The number of nitrogen functional groups attached to an aromatic ring is 1. The van der Waals surface area contributed by atoms with Gasteiger partial charge in [-0.15, -0.1) is 0 Å². The van der Waals surface area contributed by atoms with Gasteiger partial charge < -0.3 is 21.1 Å². The zero-order chi connectivity index (χ0) is 25.1. The maximum Gasteiger partial charge on any atom is 0.187 e. The highest BCUT2D eigenvalue weighted by Gasteiger charge is 2.26. The van der Waals surface area contributed by atoms with Crippen LogP contribution in [0, 0.1) is 17.5 Å². The smallest absolute Gasteiger partial charge is 0.187 e. The first-order chi connectivity index (χ1) is 16.8. The number of benzene rings is 1. The monoisotopic (exact) mass is 485 g/mol. The number of hydrogen-bond acceptors (Lipinski definition) is 7. The van der Waals surface area contributed by atoms with Gasteiger partial charge in [0.05, 0.1) is 17.9 Å². The van der Waals surface area contributed by atoms with Crippen molar-refractivity contribution in [1.29, 1.82) is 0 Å². The molecule has 3 aromatic rings. The minimum Gasteiger partial charge on any atom is -0.491 e. The molecule has 0 bridgehead atoms. The lowest BCUT2D eigenvalue weighted by Crippen LogP contribution is -2.43. The first kappa shape index (κ1) is 24.5. The minimum atomic E-state index is -1.11. The summed E-state index contributed by atoms with van der Waals surface area (Å²) < 4.78 is 49.4. The van der Waals surface area contributed by atoms with Crippen molar-refractivity contribution in [2.24, 2.45) is 5.73 Å². The molecular formula is C25H26F3N5O2. The topological polar surface area (TPSA) is 107 Å². The number of nitrogens with two attached hydrogens (primary N) is 2. The Kier molecular flexibility index (Phi) is 7.20. The summed E-state index contributed by atoms with van der Waals surface area (Å²) in [6.45, 7) is 3.18. The third kappa shape index (κ3) is 5.07. The SMILES string of the molecule is CCOc1ccc(F)c(-c2nc(C(=O)Cc3cnccc3N3CCC[C@H](N)C3)c(N)cc2F)c1F. The maximum absolute atomic E-state index is 14.9. The molecule has 1 atom stereocenters. The second-order valence-electron chi connectivity index (χ2n) is 8.38. The fourth-order valence-corrected chi connectivity index (χ4v) is 4.27. The fourth-order valence-electron chi connectivity index (χ4n) is 4.27. The Morgan fingerprint density at radius 1 is 1.23 bits per heavy atom. The number of rotatable bonds is 7. The van der Waals surface area contributed by atoms with Gasteiger partial charge in [0.15, 0.2) is 23.2 Å². The number of Topliss-reactive ketones (excluding diaryl/α,β-unsaturated/α-hetero) is 1. The molecule has 1 aliphatic heterocycles. The molecule has 1 aliphatic rings. The molecule has 4 rings (SSSR count). The Bertz CT molecular complexity index is 1250. The number of piperidine rings is 1. The van der Waals surface area contributed by atoms with Crippen molar-refractivity contribution in [3.05, 3.63) is 65.4 Å². The third-order valence-electron chi connectivity index (χ3n) is 5.89. The largest absolute Gasteiger partial charge is 0.491 e. The van der Waals surface area contributed by atoms with Gasteiger partial charge >= 0.3 is 0 Å². The average Bonchev–Trinajstić information content (AvgIpc) is 2.82. The minimum absolute atomic E-state index is 0.0229. The Labute approximate surface area is 200 Å². The number of halogens is 3. The van der Waals surface area contributed by atoms with E-state index < -0.39 is 34.5 Å². The van der Waals surface area contributed by atoms with Gasteiger partial charge in [0.25, 0.3) is 0 Å². The molecule has 0 unspecified atom stereocenters. The van der Waals surface area contributed by atoms with Gasteiger partial charge in [-0.1, -0.05) is 0 Å². The molecule has 0 spiro atoms. The van der Waals surface area contributed by atoms with Crippen LogP contribution in [0.1, 0.15) is 35.8 Å². The summed E-state index contributed by atoms with van der Waals surface area (Å²) in [6, 6.07) is 4.73. The van der Waals surface area contributed by atoms with Crippen LogP contribution < -0.4 is 21.1 Å². The Morgan fingerprint density at radius 2 is 2.03 bits per heavy atom. The van der Waals surface area contributed by atoms with Crippen LogP contribution in [0.25, 0.3) is 11.3 Å². The summed E-state index contributed by atoms with van der Waals surface area (Å²) >= 11 is 0. The van der Waals surface area contributed by atoms with E-state index in [0.29, 0.717) is 12.1 Å². The van der Waals surface area contributed by atoms with Gasteiger partial charge in [-0.2, -0.15) is 0 Å². The van der Waals surface area contributed by atoms with Gasteiger partial charge in [0.2, 0.25) is 0 Å². The first-order valence-electron chi connectivity index (χ1n) is 11.3.